The van der Waals surface area contributed by atoms with Crippen molar-refractivity contribution in [2.24, 2.45) is 5.92 Å². The van der Waals surface area contributed by atoms with Crippen LogP contribution in [0.3, 0.4) is 0 Å². The quantitative estimate of drug-likeness (QED) is 0.860. The fraction of sp³-hybridized carbons (Fsp3) is 0.600. The van der Waals surface area contributed by atoms with E-state index < -0.39 is 0 Å². The maximum Gasteiger partial charge on any atom is 0.122 e. The zero-order valence-corrected chi connectivity index (χ0v) is 10.7. The number of benzene rings is 1. The van der Waals surface area contributed by atoms with Crippen LogP contribution in [-0.2, 0) is 6.42 Å². The SMILES string of the molecule is CCC(NC1CC1C)c1ccc2c(c1)CCO2. The van der Waals surface area contributed by atoms with Crippen LogP contribution in [0.25, 0.3) is 0 Å². The molecule has 0 saturated heterocycles. The van der Waals surface area contributed by atoms with Crippen LogP contribution < -0.4 is 10.1 Å². The first-order valence-electron chi connectivity index (χ1n) is 6.79. The molecule has 2 nitrogen and oxygen atoms in total. The third-order valence-corrected chi connectivity index (χ3v) is 4.05. The van der Waals surface area contributed by atoms with Crippen molar-refractivity contribution in [2.75, 3.05) is 6.61 Å². The summed E-state index contributed by atoms with van der Waals surface area (Å²) in [6.45, 7) is 5.43. The van der Waals surface area contributed by atoms with Gasteiger partial charge in [-0.15, -0.1) is 0 Å². The molecule has 1 fully saturated rings. The molecule has 92 valence electrons. The van der Waals surface area contributed by atoms with E-state index in [0.29, 0.717) is 6.04 Å². The molecule has 0 aromatic heterocycles. The molecule has 1 aromatic carbocycles. The third-order valence-electron chi connectivity index (χ3n) is 4.05. The Morgan fingerprint density at radius 1 is 1.47 bits per heavy atom. The zero-order chi connectivity index (χ0) is 11.8. The molecular weight excluding hydrogens is 210 g/mol. The summed E-state index contributed by atoms with van der Waals surface area (Å²) in [5.74, 6) is 1.95. The van der Waals surface area contributed by atoms with Crippen molar-refractivity contribution in [1.29, 1.82) is 0 Å². The van der Waals surface area contributed by atoms with Gasteiger partial charge in [0.1, 0.15) is 5.75 Å². The average Bonchev–Trinajstić information content (AvgIpc) is 2.86. The lowest BCUT2D eigenvalue weighted by atomic mass is 10.0. The molecule has 1 N–H and O–H groups in total. The number of hydrogen-bond donors (Lipinski definition) is 1. The maximum absolute atomic E-state index is 5.56. The smallest absolute Gasteiger partial charge is 0.122 e. The van der Waals surface area contributed by atoms with Crippen LogP contribution in [0.1, 0.15) is 43.9 Å². The van der Waals surface area contributed by atoms with Gasteiger partial charge in [-0.2, -0.15) is 0 Å². The predicted molar refractivity (Wildman–Crippen MR) is 69.4 cm³/mol. The molecule has 1 saturated carbocycles. The highest BCUT2D eigenvalue weighted by atomic mass is 16.5. The van der Waals surface area contributed by atoms with Crippen molar-refractivity contribution >= 4 is 0 Å². The minimum Gasteiger partial charge on any atom is -0.493 e. The summed E-state index contributed by atoms with van der Waals surface area (Å²) in [6.07, 6.45) is 3.56. The van der Waals surface area contributed by atoms with Crippen molar-refractivity contribution in [3.05, 3.63) is 29.3 Å². The van der Waals surface area contributed by atoms with Gasteiger partial charge in [-0.3, -0.25) is 0 Å². The van der Waals surface area contributed by atoms with Gasteiger partial charge in [-0.1, -0.05) is 26.0 Å². The lowest BCUT2D eigenvalue weighted by Crippen LogP contribution is -2.24. The molecule has 1 aliphatic heterocycles. The molecule has 17 heavy (non-hydrogen) atoms. The molecule has 2 heteroatoms. The van der Waals surface area contributed by atoms with Crippen LogP contribution in [0.2, 0.25) is 0 Å². The van der Waals surface area contributed by atoms with Gasteiger partial charge in [0.25, 0.3) is 0 Å². The van der Waals surface area contributed by atoms with Crippen molar-refractivity contribution in [1.82, 2.24) is 5.32 Å². The minimum absolute atomic E-state index is 0.510. The Bertz CT molecular complexity index is 415. The van der Waals surface area contributed by atoms with Crippen molar-refractivity contribution in [2.45, 2.75) is 45.2 Å². The van der Waals surface area contributed by atoms with Gasteiger partial charge in [-0.25, -0.2) is 0 Å². The lowest BCUT2D eigenvalue weighted by Gasteiger charge is -2.18. The first-order chi connectivity index (χ1) is 8.28. The molecule has 1 heterocycles. The van der Waals surface area contributed by atoms with Crippen LogP contribution in [-0.4, -0.2) is 12.6 Å². The summed E-state index contributed by atoms with van der Waals surface area (Å²) in [7, 11) is 0. The second-order valence-electron chi connectivity index (χ2n) is 5.41. The zero-order valence-electron chi connectivity index (χ0n) is 10.7. The van der Waals surface area contributed by atoms with Gasteiger partial charge in [0.05, 0.1) is 6.61 Å². The molecular formula is C15H21NO. The normalized spacial score (nSPS) is 27.4. The third kappa shape index (κ3) is 2.19. The molecule has 1 aromatic rings. The lowest BCUT2D eigenvalue weighted by molar-refractivity contribution is 0.356. The monoisotopic (exact) mass is 231 g/mol. The molecule has 0 spiro atoms. The Balaban J connectivity index is 1.76. The first kappa shape index (κ1) is 11.1. The summed E-state index contributed by atoms with van der Waals surface area (Å²) in [6, 6.07) is 7.94. The van der Waals surface area contributed by atoms with E-state index in [-0.39, 0.29) is 0 Å². The highest BCUT2D eigenvalue weighted by Gasteiger charge is 2.34. The number of rotatable bonds is 4. The Labute approximate surface area is 103 Å². The van der Waals surface area contributed by atoms with E-state index in [0.717, 1.165) is 37.2 Å². The summed E-state index contributed by atoms with van der Waals surface area (Å²) in [4.78, 5) is 0. The summed E-state index contributed by atoms with van der Waals surface area (Å²) in [5, 5.41) is 3.76. The predicted octanol–water partition coefficient (Wildman–Crippen LogP) is 3.07. The number of hydrogen-bond acceptors (Lipinski definition) is 2. The highest BCUT2D eigenvalue weighted by Crippen LogP contribution is 2.34. The topological polar surface area (TPSA) is 21.3 Å². The molecule has 3 atom stereocenters. The van der Waals surface area contributed by atoms with Gasteiger partial charge in [0.15, 0.2) is 0 Å². The van der Waals surface area contributed by atoms with Crippen LogP contribution in [0, 0.1) is 5.92 Å². The molecule has 2 aliphatic rings. The van der Waals surface area contributed by atoms with Gasteiger partial charge in [-0.05, 0) is 36.0 Å². The maximum atomic E-state index is 5.56. The Hall–Kier alpha value is -1.02. The molecule has 3 unspecified atom stereocenters. The van der Waals surface area contributed by atoms with Gasteiger partial charge in [0, 0.05) is 18.5 Å². The molecule has 1 aliphatic carbocycles. The number of nitrogens with one attached hydrogen (secondary N) is 1. The van der Waals surface area contributed by atoms with Gasteiger partial charge < -0.3 is 10.1 Å². The largest absolute Gasteiger partial charge is 0.493 e. The van der Waals surface area contributed by atoms with Gasteiger partial charge in [0.2, 0.25) is 0 Å². The first-order valence-corrected chi connectivity index (χ1v) is 6.79. The second kappa shape index (κ2) is 4.34. The van der Waals surface area contributed by atoms with E-state index in [1.54, 1.807) is 0 Å². The van der Waals surface area contributed by atoms with E-state index in [4.69, 9.17) is 4.74 Å². The van der Waals surface area contributed by atoms with Crippen LogP contribution in [0.5, 0.6) is 5.75 Å². The standard InChI is InChI=1S/C15H21NO/c1-3-13(16-14-8-10(14)2)11-4-5-15-12(9-11)6-7-17-15/h4-5,9-10,13-14,16H,3,6-8H2,1-2H3. The Morgan fingerprint density at radius 3 is 3.00 bits per heavy atom. The summed E-state index contributed by atoms with van der Waals surface area (Å²) in [5.41, 5.74) is 2.81. The van der Waals surface area contributed by atoms with E-state index in [2.05, 4.69) is 37.4 Å². The van der Waals surface area contributed by atoms with E-state index in [1.165, 1.54) is 17.5 Å². The number of ether oxygens (including phenoxy) is 1. The average molecular weight is 231 g/mol. The Kier molecular flexibility index (Phi) is 2.83. The highest BCUT2D eigenvalue weighted by molar-refractivity contribution is 5.40. The van der Waals surface area contributed by atoms with E-state index in [9.17, 15) is 0 Å². The minimum atomic E-state index is 0.510. The fourth-order valence-electron chi connectivity index (χ4n) is 2.69. The second-order valence-corrected chi connectivity index (χ2v) is 5.41. The Morgan fingerprint density at radius 2 is 2.29 bits per heavy atom. The number of fused-ring (bicyclic) bond motifs is 1. The van der Waals surface area contributed by atoms with Crippen LogP contribution in [0.15, 0.2) is 18.2 Å². The molecule has 3 rings (SSSR count). The van der Waals surface area contributed by atoms with Crippen molar-refractivity contribution in [3.63, 3.8) is 0 Å². The summed E-state index contributed by atoms with van der Waals surface area (Å²) < 4.78 is 5.56. The molecule has 0 bridgehead atoms. The fourth-order valence-corrected chi connectivity index (χ4v) is 2.69. The van der Waals surface area contributed by atoms with E-state index in [1.807, 2.05) is 0 Å². The van der Waals surface area contributed by atoms with E-state index >= 15 is 0 Å². The molecule has 0 radical (unpaired) electrons. The summed E-state index contributed by atoms with van der Waals surface area (Å²) >= 11 is 0. The van der Waals surface area contributed by atoms with Crippen LogP contribution >= 0.6 is 0 Å². The molecule has 0 amide bonds. The van der Waals surface area contributed by atoms with Gasteiger partial charge >= 0.3 is 0 Å². The van der Waals surface area contributed by atoms with Crippen LogP contribution in [0.4, 0.5) is 0 Å². The van der Waals surface area contributed by atoms with Crippen molar-refractivity contribution in [3.8, 4) is 5.75 Å². The van der Waals surface area contributed by atoms with Crippen molar-refractivity contribution < 1.29 is 4.74 Å².